The van der Waals surface area contributed by atoms with Crippen molar-refractivity contribution in [2.24, 2.45) is 0 Å². The molecule has 1 N–H and O–H groups in total. The summed E-state index contributed by atoms with van der Waals surface area (Å²) in [6.07, 6.45) is 1.04. The van der Waals surface area contributed by atoms with E-state index in [1.165, 1.54) is 0 Å². The van der Waals surface area contributed by atoms with Crippen LogP contribution < -0.4 is 10.2 Å². The lowest BCUT2D eigenvalue weighted by atomic mass is 10.2. The minimum Gasteiger partial charge on any atom is -0.351 e. The van der Waals surface area contributed by atoms with Crippen LogP contribution in [0.15, 0.2) is 29.6 Å². The lowest BCUT2D eigenvalue weighted by Crippen LogP contribution is -2.39. The maximum Gasteiger partial charge on any atom is 0.234 e. The molecule has 7 heteroatoms. The van der Waals surface area contributed by atoms with Crippen molar-refractivity contribution < 1.29 is 4.79 Å². The summed E-state index contributed by atoms with van der Waals surface area (Å²) in [4.78, 5) is 21.3. The Morgan fingerprint density at radius 3 is 2.96 bits per heavy atom. The molecular weight excluding hydrogens is 356 g/mol. The number of carbonyl (C=O) groups is 1. The molecule has 134 valence electrons. The van der Waals surface area contributed by atoms with E-state index in [1.807, 2.05) is 31.2 Å². The van der Waals surface area contributed by atoms with Gasteiger partial charge in [-0.05, 0) is 31.0 Å². The highest BCUT2D eigenvalue weighted by atomic mass is 35.5. The summed E-state index contributed by atoms with van der Waals surface area (Å²) in [6.45, 7) is 6.69. The van der Waals surface area contributed by atoms with Gasteiger partial charge in [0.25, 0.3) is 0 Å². The second kappa shape index (κ2) is 8.65. The number of hydrogen-bond donors (Lipinski definition) is 1. The maximum absolute atomic E-state index is 12.2. The van der Waals surface area contributed by atoms with Crippen LogP contribution in [0.4, 0.5) is 5.13 Å². The van der Waals surface area contributed by atoms with Crippen molar-refractivity contribution in [3.05, 3.63) is 45.9 Å². The number of benzene rings is 1. The van der Waals surface area contributed by atoms with Gasteiger partial charge < -0.3 is 10.2 Å². The van der Waals surface area contributed by atoms with Crippen LogP contribution in [0.25, 0.3) is 0 Å². The van der Waals surface area contributed by atoms with Crippen molar-refractivity contribution >= 4 is 34.0 Å². The highest BCUT2D eigenvalue weighted by Crippen LogP contribution is 2.21. The first-order valence-corrected chi connectivity index (χ1v) is 9.76. The van der Waals surface area contributed by atoms with Gasteiger partial charge in [0.1, 0.15) is 0 Å². The third kappa shape index (κ3) is 5.42. The van der Waals surface area contributed by atoms with Gasteiger partial charge in [0.15, 0.2) is 5.13 Å². The molecule has 1 aliphatic rings. The zero-order valence-electron chi connectivity index (χ0n) is 14.4. The molecular formula is C18H23ClN4OS. The Balaban J connectivity index is 1.45. The highest BCUT2D eigenvalue weighted by molar-refractivity contribution is 7.13. The van der Waals surface area contributed by atoms with Crippen molar-refractivity contribution in [3.63, 3.8) is 0 Å². The summed E-state index contributed by atoms with van der Waals surface area (Å²) >= 11 is 7.66. The third-order valence-electron chi connectivity index (χ3n) is 4.21. The Hall–Kier alpha value is -1.63. The molecule has 0 aliphatic carbocycles. The molecule has 0 saturated carbocycles. The van der Waals surface area contributed by atoms with Gasteiger partial charge in [-0.2, -0.15) is 0 Å². The molecule has 25 heavy (non-hydrogen) atoms. The molecule has 0 radical (unpaired) electrons. The predicted octanol–water partition coefficient (Wildman–Crippen LogP) is 2.93. The summed E-state index contributed by atoms with van der Waals surface area (Å²) < 4.78 is 0. The zero-order chi connectivity index (χ0) is 17.6. The SMILES string of the molecule is Cc1csc(N2CCCN(CC(=O)NCc3cccc(Cl)c3)CC2)n1. The van der Waals surface area contributed by atoms with Crippen LogP contribution in [0.5, 0.6) is 0 Å². The molecule has 1 aromatic heterocycles. The lowest BCUT2D eigenvalue weighted by molar-refractivity contribution is -0.122. The van der Waals surface area contributed by atoms with Gasteiger partial charge >= 0.3 is 0 Å². The average Bonchev–Trinajstić information content (AvgIpc) is 2.88. The molecule has 0 spiro atoms. The number of carbonyl (C=O) groups excluding carboxylic acids is 1. The fourth-order valence-electron chi connectivity index (χ4n) is 2.91. The number of aromatic nitrogens is 1. The van der Waals surface area contributed by atoms with E-state index < -0.39 is 0 Å². The van der Waals surface area contributed by atoms with Crippen LogP contribution in [0.3, 0.4) is 0 Å². The molecule has 1 saturated heterocycles. The molecule has 0 unspecified atom stereocenters. The summed E-state index contributed by atoms with van der Waals surface area (Å²) in [5, 5.41) is 6.84. The van der Waals surface area contributed by atoms with E-state index >= 15 is 0 Å². The highest BCUT2D eigenvalue weighted by Gasteiger charge is 2.18. The molecule has 3 rings (SSSR count). The topological polar surface area (TPSA) is 48.5 Å². The van der Waals surface area contributed by atoms with E-state index in [2.05, 4.69) is 25.5 Å². The van der Waals surface area contributed by atoms with Crippen molar-refractivity contribution in [2.45, 2.75) is 19.9 Å². The number of hydrogen-bond acceptors (Lipinski definition) is 5. The minimum absolute atomic E-state index is 0.0542. The molecule has 0 bridgehead atoms. The van der Waals surface area contributed by atoms with Gasteiger partial charge in [-0.25, -0.2) is 4.98 Å². The quantitative estimate of drug-likeness (QED) is 0.869. The van der Waals surface area contributed by atoms with Crippen molar-refractivity contribution in [1.29, 1.82) is 0 Å². The molecule has 2 heterocycles. The van der Waals surface area contributed by atoms with Crippen LogP contribution in [0, 0.1) is 6.92 Å². The maximum atomic E-state index is 12.2. The van der Waals surface area contributed by atoms with Gasteiger partial charge in [0.2, 0.25) is 5.91 Å². The Morgan fingerprint density at radius 2 is 2.20 bits per heavy atom. The van der Waals surface area contributed by atoms with Gasteiger partial charge in [-0.1, -0.05) is 23.7 Å². The number of halogens is 1. The Bertz CT molecular complexity index is 721. The van der Waals surface area contributed by atoms with Gasteiger partial charge in [0.05, 0.1) is 12.2 Å². The van der Waals surface area contributed by atoms with E-state index in [4.69, 9.17) is 11.6 Å². The van der Waals surface area contributed by atoms with E-state index in [9.17, 15) is 4.79 Å². The number of anilines is 1. The largest absolute Gasteiger partial charge is 0.351 e. The molecule has 1 aliphatic heterocycles. The fraction of sp³-hybridized carbons (Fsp3) is 0.444. The van der Waals surface area contributed by atoms with Crippen LogP contribution >= 0.6 is 22.9 Å². The molecule has 1 aromatic carbocycles. The first-order valence-electron chi connectivity index (χ1n) is 8.51. The summed E-state index contributed by atoms with van der Waals surface area (Å²) in [5.41, 5.74) is 2.09. The molecule has 1 amide bonds. The third-order valence-corrected chi connectivity index (χ3v) is 5.47. The van der Waals surface area contributed by atoms with Gasteiger partial charge in [0, 0.05) is 43.1 Å². The van der Waals surface area contributed by atoms with Crippen molar-refractivity contribution in [1.82, 2.24) is 15.2 Å². The Labute approximate surface area is 157 Å². The van der Waals surface area contributed by atoms with Crippen molar-refractivity contribution in [3.8, 4) is 0 Å². The number of rotatable bonds is 5. The van der Waals surface area contributed by atoms with E-state index in [1.54, 1.807) is 11.3 Å². The molecule has 1 fully saturated rings. The second-order valence-corrected chi connectivity index (χ2v) is 7.57. The molecule has 0 atom stereocenters. The summed E-state index contributed by atoms with van der Waals surface area (Å²) in [7, 11) is 0. The average molecular weight is 379 g/mol. The molecule has 5 nitrogen and oxygen atoms in total. The number of thiazole rings is 1. The van der Waals surface area contributed by atoms with E-state index in [0.29, 0.717) is 18.1 Å². The van der Waals surface area contributed by atoms with Crippen LogP contribution in [-0.4, -0.2) is 48.5 Å². The van der Waals surface area contributed by atoms with E-state index in [0.717, 1.165) is 49.0 Å². The van der Waals surface area contributed by atoms with E-state index in [-0.39, 0.29) is 5.91 Å². The molecule has 2 aromatic rings. The minimum atomic E-state index is 0.0542. The van der Waals surface area contributed by atoms with Crippen molar-refractivity contribution in [2.75, 3.05) is 37.6 Å². The fourth-order valence-corrected chi connectivity index (χ4v) is 3.98. The zero-order valence-corrected chi connectivity index (χ0v) is 15.9. The monoisotopic (exact) mass is 378 g/mol. The predicted molar refractivity (Wildman–Crippen MR) is 103 cm³/mol. The first kappa shape index (κ1) is 18.2. The van der Waals surface area contributed by atoms with Gasteiger partial charge in [-0.3, -0.25) is 9.69 Å². The lowest BCUT2D eigenvalue weighted by Gasteiger charge is -2.21. The first-order chi connectivity index (χ1) is 12.1. The number of nitrogens with one attached hydrogen (secondary N) is 1. The van der Waals surface area contributed by atoms with Crippen LogP contribution in [0.2, 0.25) is 5.02 Å². The number of nitrogens with zero attached hydrogens (tertiary/aromatic N) is 3. The van der Waals surface area contributed by atoms with Gasteiger partial charge in [-0.15, -0.1) is 11.3 Å². The Morgan fingerprint density at radius 1 is 1.32 bits per heavy atom. The van der Waals surface area contributed by atoms with Crippen LogP contribution in [-0.2, 0) is 11.3 Å². The summed E-state index contributed by atoms with van der Waals surface area (Å²) in [6, 6.07) is 7.57. The summed E-state index contributed by atoms with van der Waals surface area (Å²) in [5.74, 6) is 0.0542. The smallest absolute Gasteiger partial charge is 0.234 e. The normalized spacial score (nSPS) is 15.8. The number of amides is 1. The number of aryl methyl sites for hydroxylation is 1. The van der Waals surface area contributed by atoms with Crippen LogP contribution in [0.1, 0.15) is 17.7 Å². The standard InChI is InChI=1S/C18H23ClN4OS/c1-14-13-25-18(21-14)23-7-3-6-22(8-9-23)12-17(24)20-11-15-4-2-5-16(19)10-15/h2,4-5,10,13H,3,6-9,11-12H2,1H3,(H,20,24). The second-order valence-electron chi connectivity index (χ2n) is 6.29. The Kier molecular flexibility index (Phi) is 6.29.